The number of fused-ring (bicyclic) bond motifs is 1. The van der Waals surface area contributed by atoms with Crippen molar-refractivity contribution in [3.63, 3.8) is 0 Å². The monoisotopic (exact) mass is 227 g/mol. The number of nitriles is 1. The van der Waals surface area contributed by atoms with Crippen LogP contribution in [0.15, 0.2) is 30.9 Å². The minimum absolute atomic E-state index is 0.0226. The smallest absolute Gasteiger partial charge is 0.246 e. The molecule has 0 fully saturated rings. The van der Waals surface area contributed by atoms with Crippen LogP contribution in [0.2, 0.25) is 0 Å². The summed E-state index contributed by atoms with van der Waals surface area (Å²) in [5, 5.41) is 8.88. The third-order valence-electron chi connectivity index (χ3n) is 2.86. The molecule has 4 heteroatoms. The van der Waals surface area contributed by atoms with Crippen LogP contribution in [0.5, 0.6) is 0 Å². The molecular formula is C13H13N3O. The van der Waals surface area contributed by atoms with Gasteiger partial charge in [-0.25, -0.2) is 0 Å². The lowest BCUT2D eigenvalue weighted by molar-refractivity contribution is -0.117. The van der Waals surface area contributed by atoms with Crippen molar-refractivity contribution in [1.82, 2.24) is 0 Å². The van der Waals surface area contributed by atoms with E-state index < -0.39 is 0 Å². The number of hydrogen-bond donors (Lipinski definition) is 0. The fourth-order valence-electron chi connectivity index (χ4n) is 1.94. The second-order valence-electron chi connectivity index (χ2n) is 3.94. The van der Waals surface area contributed by atoms with E-state index in [9.17, 15) is 4.79 Å². The Hall–Kier alpha value is -2.28. The first-order chi connectivity index (χ1) is 8.17. The number of nitrogens with zero attached hydrogens (tertiary/aromatic N) is 3. The maximum atomic E-state index is 11.8. The van der Waals surface area contributed by atoms with Crippen LogP contribution in [0.1, 0.15) is 5.56 Å². The van der Waals surface area contributed by atoms with Crippen LogP contribution in [0.3, 0.4) is 0 Å². The molecule has 86 valence electrons. The van der Waals surface area contributed by atoms with E-state index in [0.717, 1.165) is 11.4 Å². The average molecular weight is 227 g/mol. The highest BCUT2D eigenvalue weighted by molar-refractivity contribution is 6.03. The van der Waals surface area contributed by atoms with Gasteiger partial charge in [-0.05, 0) is 18.2 Å². The Morgan fingerprint density at radius 2 is 2.29 bits per heavy atom. The zero-order valence-electron chi connectivity index (χ0n) is 9.68. The molecule has 0 radical (unpaired) electrons. The fourth-order valence-corrected chi connectivity index (χ4v) is 1.94. The van der Waals surface area contributed by atoms with Crippen molar-refractivity contribution in [2.24, 2.45) is 0 Å². The molecule has 0 atom stereocenters. The molecule has 1 aromatic rings. The average Bonchev–Trinajstić information content (AvgIpc) is 2.35. The molecule has 4 nitrogen and oxygen atoms in total. The number of hydrogen-bond acceptors (Lipinski definition) is 3. The highest BCUT2D eigenvalue weighted by Gasteiger charge is 2.26. The van der Waals surface area contributed by atoms with Crippen molar-refractivity contribution in [1.29, 1.82) is 5.26 Å². The van der Waals surface area contributed by atoms with E-state index in [2.05, 4.69) is 12.6 Å². The summed E-state index contributed by atoms with van der Waals surface area (Å²) in [5.41, 5.74) is 2.30. The normalized spacial score (nSPS) is 14.2. The van der Waals surface area contributed by atoms with Gasteiger partial charge >= 0.3 is 0 Å². The molecule has 17 heavy (non-hydrogen) atoms. The largest absolute Gasteiger partial charge is 0.357 e. The van der Waals surface area contributed by atoms with E-state index in [4.69, 9.17) is 5.26 Å². The first-order valence-corrected chi connectivity index (χ1v) is 5.34. The molecule has 0 unspecified atom stereocenters. The molecule has 0 aromatic heterocycles. The van der Waals surface area contributed by atoms with Gasteiger partial charge < -0.3 is 9.80 Å². The van der Waals surface area contributed by atoms with Gasteiger partial charge in [0.15, 0.2) is 0 Å². The van der Waals surface area contributed by atoms with Crippen molar-refractivity contribution in [2.75, 3.05) is 29.9 Å². The number of anilines is 2. The predicted octanol–water partition coefficient (Wildman–Crippen LogP) is 1.53. The highest BCUT2D eigenvalue weighted by atomic mass is 16.2. The van der Waals surface area contributed by atoms with Gasteiger partial charge in [0, 0.05) is 13.6 Å². The lowest BCUT2D eigenvalue weighted by atomic mass is 10.1. The predicted molar refractivity (Wildman–Crippen MR) is 67.0 cm³/mol. The van der Waals surface area contributed by atoms with Crippen molar-refractivity contribution in [3.8, 4) is 6.07 Å². The zero-order valence-corrected chi connectivity index (χ0v) is 9.68. The van der Waals surface area contributed by atoms with Gasteiger partial charge in [0.05, 0.1) is 29.6 Å². The van der Waals surface area contributed by atoms with E-state index in [-0.39, 0.29) is 5.91 Å². The maximum absolute atomic E-state index is 11.8. The molecule has 0 saturated heterocycles. The summed E-state index contributed by atoms with van der Waals surface area (Å²) in [6, 6.07) is 7.46. The first-order valence-electron chi connectivity index (χ1n) is 5.34. The minimum Gasteiger partial charge on any atom is -0.357 e. The minimum atomic E-state index is 0.0226. The molecule has 0 saturated carbocycles. The second-order valence-corrected chi connectivity index (χ2v) is 3.94. The van der Waals surface area contributed by atoms with E-state index >= 15 is 0 Å². The van der Waals surface area contributed by atoms with Gasteiger partial charge in [0.25, 0.3) is 0 Å². The highest BCUT2D eigenvalue weighted by Crippen LogP contribution is 2.33. The third kappa shape index (κ3) is 1.87. The van der Waals surface area contributed by atoms with Gasteiger partial charge in [0.1, 0.15) is 0 Å². The van der Waals surface area contributed by atoms with E-state index in [0.29, 0.717) is 18.7 Å². The summed E-state index contributed by atoms with van der Waals surface area (Å²) >= 11 is 0. The number of benzene rings is 1. The molecule has 1 aliphatic rings. The Balaban J connectivity index is 2.51. The Morgan fingerprint density at radius 1 is 1.53 bits per heavy atom. The quantitative estimate of drug-likeness (QED) is 0.720. The summed E-state index contributed by atoms with van der Waals surface area (Å²) < 4.78 is 0. The summed E-state index contributed by atoms with van der Waals surface area (Å²) in [6.45, 7) is 4.66. The van der Waals surface area contributed by atoms with Crippen molar-refractivity contribution in [3.05, 3.63) is 36.4 Å². The lowest BCUT2D eigenvalue weighted by Gasteiger charge is -2.34. The lowest BCUT2D eigenvalue weighted by Crippen LogP contribution is -2.43. The molecule has 1 aromatic carbocycles. The first kappa shape index (κ1) is 11.2. The Morgan fingerprint density at radius 3 is 2.94 bits per heavy atom. The summed E-state index contributed by atoms with van der Waals surface area (Å²) in [5.74, 6) is 0.0226. The van der Waals surface area contributed by atoms with Gasteiger partial charge in [-0.3, -0.25) is 4.79 Å². The Kier molecular flexibility index (Phi) is 2.84. The molecule has 0 spiro atoms. The van der Waals surface area contributed by atoms with Crippen LogP contribution in [0.4, 0.5) is 11.4 Å². The van der Waals surface area contributed by atoms with E-state index in [1.165, 1.54) is 0 Å². The molecule has 1 amide bonds. The summed E-state index contributed by atoms with van der Waals surface area (Å²) in [4.78, 5) is 15.4. The molecule has 0 aliphatic carbocycles. The van der Waals surface area contributed by atoms with Gasteiger partial charge in [-0.1, -0.05) is 6.08 Å². The molecule has 0 bridgehead atoms. The number of carbonyl (C=O) groups is 1. The van der Waals surface area contributed by atoms with Gasteiger partial charge in [0.2, 0.25) is 5.91 Å². The standard InChI is InChI=1S/C13H13N3O/c1-3-6-16-9-13(17)15(2)12-7-10(8-14)4-5-11(12)16/h3-5,7H,1,6,9H2,2H3. The van der Waals surface area contributed by atoms with Crippen molar-refractivity contribution in [2.45, 2.75) is 0 Å². The molecule has 0 N–H and O–H groups in total. The number of likely N-dealkylation sites (N-methyl/N-ethyl adjacent to an activating group) is 1. The van der Waals surface area contributed by atoms with Crippen LogP contribution in [-0.4, -0.2) is 26.0 Å². The van der Waals surface area contributed by atoms with Crippen molar-refractivity contribution < 1.29 is 4.79 Å². The van der Waals surface area contributed by atoms with Gasteiger partial charge in [-0.2, -0.15) is 5.26 Å². The van der Waals surface area contributed by atoms with Crippen LogP contribution >= 0.6 is 0 Å². The number of rotatable bonds is 2. The van der Waals surface area contributed by atoms with Crippen LogP contribution in [0, 0.1) is 11.3 Å². The van der Waals surface area contributed by atoms with Crippen LogP contribution in [0.25, 0.3) is 0 Å². The van der Waals surface area contributed by atoms with E-state index in [1.807, 2.05) is 11.0 Å². The maximum Gasteiger partial charge on any atom is 0.246 e. The molecular weight excluding hydrogens is 214 g/mol. The molecule has 1 aliphatic heterocycles. The SMILES string of the molecule is C=CCN1CC(=O)N(C)c2cc(C#N)ccc21. The van der Waals surface area contributed by atoms with Crippen LogP contribution in [-0.2, 0) is 4.79 Å². The van der Waals surface area contributed by atoms with Crippen molar-refractivity contribution >= 4 is 17.3 Å². The molecule has 1 heterocycles. The van der Waals surface area contributed by atoms with Gasteiger partial charge in [-0.15, -0.1) is 6.58 Å². The summed E-state index contributed by atoms with van der Waals surface area (Å²) in [7, 11) is 1.73. The van der Waals surface area contributed by atoms with E-state index in [1.54, 1.807) is 30.2 Å². The zero-order chi connectivity index (χ0) is 12.4. The third-order valence-corrected chi connectivity index (χ3v) is 2.86. The number of amides is 1. The Labute approximate surface area is 100 Å². The number of carbonyl (C=O) groups excluding carboxylic acids is 1. The fraction of sp³-hybridized carbons (Fsp3) is 0.231. The topological polar surface area (TPSA) is 47.3 Å². The molecule has 2 rings (SSSR count). The second kappa shape index (κ2) is 4.30. The van der Waals surface area contributed by atoms with Crippen LogP contribution < -0.4 is 9.80 Å². The summed E-state index contributed by atoms with van der Waals surface area (Å²) in [6.07, 6.45) is 1.76. The Bertz CT molecular complexity index is 516.